The highest BCUT2D eigenvalue weighted by Gasteiger charge is 2.41. The van der Waals surface area contributed by atoms with Crippen LogP contribution in [-0.2, 0) is 9.59 Å². The van der Waals surface area contributed by atoms with E-state index in [1.165, 1.54) is 12.1 Å². The maximum atomic E-state index is 13.3. The Bertz CT molecular complexity index is 715. The first-order valence-electron chi connectivity index (χ1n) is 7.07. The molecule has 2 amide bonds. The molecule has 2 heterocycles. The third-order valence-corrected chi connectivity index (χ3v) is 4.62. The largest absolute Gasteiger partial charge is 0.363 e. The molecule has 1 fully saturated rings. The van der Waals surface area contributed by atoms with Crippen LogP contribution in [0, 0.1) is 5.82 Å². The second-order valence-corrected chi connectivity index (χ2v) is 6.28. The average molecular weight is 358 g/mol. The molecule has 5 nitrogen and oxygen atoms in total. The van der Waals surface area contributed by atoms with Gasteiger partial charge < -0.3 is 9.80 Å². The normalized spacial score (nSPS) is 20.0. The van der Waals surface area contributed by atoms with Crippen molar-refractivity contribution in [3.63, 3.8) is 0 Å². The first-order chi connectivity index (χ1) is 10.9. The average Bonchev–Trinajstić information content (AvgIpc) is 2.74. The van der Waals surface area contributed by atoms with Gasteiger partial charge in [-0.2, -0.15) is 0 Å². The third-order valence-electron chi connectivity index (χ3n) is 3.99. The van der Waals surface area contributed by atoms with Crippen LogP contribution in [0.1, 0.15) is 0 Å². The maximum Gasteiger partial charge on any atom is 0.283 e. The summed E-state index contributed by atoms with van der Waals surface area (Å²) in [7, 11) is 1.99. The topological polar surface area (TPSA) is 43.9 Å². The molecule has 3 rings (SSSR count). The molecule has 0 atom stereocenters. The summed E-state index contributed by atoms with van der Waals surface area (Å²) >= 11 is 11.9. The molecule has 0 saturated carbocycles. The zero-order valence-corrected chi connectivity index (χ0v) is 13.9. The number of likely N-dealkylation sites (N-methyl/N-ethyl adjacent to an activating group) is 1. The van der Waals surface area contributed by atoms with E-state index in [-0.39, 0.29) is 21.4 Å². The van der Waals surface area contributed by atoms with Gasteiger partial charge in [0.2, 0.25) is 0 Å². The Labute approximate surface area is 142 Å². The number of hydrogen-bond donors (Lipinski definition) is 0. The van der Waals surface area contributed by atoms with Crippen molar-refractivity contribution in [3.8, 4) is 0 Å². The highest BCUT2D eigenvalue weighted by Crippen LogP contribution is 2.33. The molecule has 8 heteroatoms. The fourth-order valence-corrected chi connectivity index (χ4v) is 3.11. The summed E-state index contributed by atoms with van der Waals surface area (Å²) in [5.74, 6) is -1.74. The Balaban J connectivity index is 1.91. The second kappa shape index (κ2) is 6.11. The van der Waals surface area contributed by atoms with Crippen molar-refractivity contribution in [1.82, 2.24) is 9.80 Å². The van der Waals surface area contributed by atoms with Crippen LogP contribution in [-0.4, -0.2) is 54.8 Å². The van der Waals surface area contributed by atoms with Crippen LogP contribution in [0.25, 0.3) is 0 Å². The number of anilines is 1. The number of imide groups is 1. The van der Waals surface area contributed by atoms with Crippen molar-refractivity contribution in [1.29, 1.82) is 0 Å². The van der Waals surface area contributed by atoms with Gasteiger partial charge in [0.25, 0.3) is 11.8 Å². The van der Waals surface area contributed by atoms with Gasteiger partial charge >= 0.3 is 0 Å². The molecular weight excluding hydrogens is 344 g/mol. The van der Waals surface area contributed by atoms with E-state index in [4.69, 9.17) is 23.2 Å². The smallest absolute Gasteiger partial charge is 0.283 e. The molecule has 0 spiro atoms. The molecule has 0 unspecified atom stereocenters. The Morgan fingerprint density at radius 3 is 2.30 bits per heavy atom. The summed E-state index contributed by atoms with van der Waals surface area (Å²) in [6, 6.07) is 3.68. The van der Waals surface area contributed by atoms with Gasteiger partial charge in [0.15, 0.2) is 0 Å². The molecule has 1 aromatic rings. The number of carbonyl (C=O) groups excluding carboxylic acids is 2. The molecule has 0 bridgehead atoms. The number of piperazine rings is 1. The van der Waals surface area contributed by atoms with Gasteiger partial charge in [-0.05, 0) is 25.2 Å². The van der Waals surface area contributed by atoms with Gasteiger partial charge in [0, 0.05) is 26.2 Å². The van der Waals surface area contributed by atoms with E-state index in [2.05, 4.69) is 4.90 Å². The maximum absolute atomic E-state index is 13.3. The molecule has 23 heavy (non-hydrogen) atoms. The van der Waals surface area contributed by atoms with Crippen LogP contribution < -0.4 is 4.90 Å². The van der Waals surface area contributed by atoms with Crippen LogP contribution in [0.15, 0.2) is 28.9 Å². The van der Waals surface area contributed by atoms with Crippen molar-refractivity contribution in [2.75, 3.05) is 38.1 Å². The van der Waals surface area contributed by atoms with Crippen molar-refractivity contribution in [2.24, 2.45) is 0 Å². The minimum absolute atomic E-state index is 0.111. The SMILES string of the molecule is CN1CCN(C2=C(Cl)C(=O)N(c3ccc(F)c(Cl)c3)C2=O)CC1. The zero-order chi connectivity index (χ0) is 16.7. The minimum Gasteiger partial charge on any atom is -0.363 e. The summed E-state index contributed by atoms with van der Waals surface area (Å²) in [6.45, 7) is 2.77. The fraction of sp³-hybridized carbons (Fsp3) is 0.333. The van der Waals surface area contributed by atoms with Gasteiger partial charge in [-0.3, -0.25) is 9.59 Å². The molecule has 0 radical (unpaired) electrons. The molecule has 0 aromatic heterocycles. The number of amides is 2. The molecule has 0 aliphatic carbocycles. The van der Waals surface area contributed by atoms with Gasteiger partial charge in [-0.1, -0.05) is 23.2 Å². The van der Waals surface area contributed by atoms with Crippen LogP contribution in [0.5, 0.6) is 0 Å². The molecular formula is C15H14Cl2FN3O2. The Morgan fingerprint density at radius 2 is 1.70 bits per heavy atom. The summed E-state index contributed by atoms with van der Waals surface area (Å²) < 4.78 is 13.3. The van der Waals surface area contributed by atoms with Crippen molar-refractivity contribution in [2.45, 2.75) is 0 Å². The second-order valence-electron chi connectivity index (χ2n) is 5.50. The zero-order valence-electron chi connectivity index (χ0n) is 12.4. The first-order valence-corrected chi connectivity index (χ1v) is 7.83. The van der Waals surface area contributed by atoms with Crippen molar-refractivity contribution < 1.29 is 14.0 Å². The van der Waals surface area contributed by atoms with Crippen LogP contribution >= 0.6 is 23.2 Å². The van der Waals surface area contributed by atoms with E-state index >= 15 is 0 Å². The standard InChI is InChI=1S/C15H14Cl2FN3O2/c1-19-4-6-20(7-5-19)13-12(17)14(22)21(15(13)23)9-2-3-11(18)10(16)8-9/h2-3,8H,4-7H2,1H3. The predicted octanol–water partition coefficient (Wildman–Crippen LogP) is 2.05. The van der Waals surface area contributed by atoms with Gasteiger partial charge in [0.1, 0.15) is 16.5 Å². The highest BCUT2D eigenvalue weighted by molar-refractivity contribution is 6.52. The van der Waals surface area contributed by atoms with Crippen molar-refractivity contribution >= 4 is 40.7 Å². The number of halogens is 3. The summed E-state index contributed by atoms with van der Waals surface area (Å²) in [6.07, 6.45) is 0. The molecule has 2 aliphatic heterocycles. The number of rotatable bonds is 2. The number of nitrogens with zero attached hydrogens (tertiary/aromatic N) is 3. The van der Waals surface area contributed by atoms with E-state index in [9.17, 15) is 14.0 Å². The highest BCUT2D eigenvalue weighted by atomic mass is 35.5. The number of benzene rings is 1. The Morgan fingerprint density at radius 1 is 1.04 bits per heavy atom. The lowest BCUT2D eigenvalue weighted by atomic mass is 10.2. The monoisotopic (exact) mass is 357 g/mol. The Hall–Kier alpha value is -1.63. The lowest BCUT2D eigenvalue weighted by molar-refractivity contribution is -0.121. The van der Waals surface area contributed by atoms with E-state index in [1.54, 1.807) is 0 Å². The van der Waals surface area contributed by atoms with E-state index < -0.39 is 17.6 Å². The van der Waals surface area contributed by atoms with Crippen LogP contribution in [0.3, 0.4) is 0 Å². The number of carbonyl (C=O) groups is 2. The summed E-state index contributed by atoms with van der Waals surface area (Å²) in [5, 5.41) is -0.271. The van der Waals surface area contributed by atoms with Crippen LogP contribution in [0.4, 0.5) is 10.1 Å². The number of hydrogen-bond acceptors (Lipinski definition) is 4. The van der Waals surface area contributed by atoms with Crippen LogP contribution in [0.2, 0.25) is 5.02 Å². The van der Waals surface area contributed by atoms with Crippen molar-refractivity contribution in [3.05, 3.63) is 39.8 Å². The fourth-order valence-electron chi connectivity index (χ4n) is 2.65. The van der Waals surface area contributed by atoms with E-state index in [1.807, 2.05) is 11.9 Å². The van der Waals surface area contributed by atoms with Gasteiger partial charge in [-0.15, -0.1) is 0 Å². The molecule has 1 aromatic carbocycles. The van der Waals surface area contributed by atoms with E-state index in [0.29, 0.717) is 13.1 Å². The first kappa shape index (κ1) is 16.2. The lowest BCUT2D eigenvalue weighted by Crippen LogP contribution is -2.46. The quantitative estimate of drug-likeness (QED) is 0.760. The predicted molar refractivity (Wildman–Crippen MR) is 85.9 cm³/mol. The molecule has 0 N–H and O–H groups in total. The minimum atomic E-state index is -0.618. The Kier molecular flexibility index (Phi) is 4.31. The van der Waals surface area contributed by atoms with Gasteiger partial charge in [-0.25, -0.2) is 9.29 Å². The molecule has 1 saturated heterocycles. The molecule has 2 aliphatic rings. The third kappa shape index (κ3) is 2.82. The summed E-state index contributed by atoms with van der Waals surface area (Å²) in [4.78, 5) is 29.9. The lowest BCUT2D eigenvalue weighted by Gasteiger charge is -2.34. The summed E-state index contributed by atoms with van der Waals surface area (Å²) in [5.41, 5.74) is 0.402. The van der Waals surface area contributed by atoms with E-state index in [0.717, 1.165) is 24.1 Å². The van der Waals surface area contributed by atoms with Gasteiger partial charge in [0.05, 0.1) is 10.7 Å². The molecule has 122 valence electrons.